The van der Waals surface area contributed by atoms with Crippen LogP contribution in [0.5, 0.6) is 0 Å². The van der Waals surface area contributed by atoms with E-state index in [1.807, 2.05) is 43.3 Å². The first-order valence-corrected chi connectivity index (χ1v) is 12.3. The molecule has 0 saturated heterocycles. The average molecular weight is 477 g/mol. The first-order chi connectivity index (χ1) is 16.8. The van der Waals surface area contributed by atoms with Gasteiger partial charge in [-0.05, 0) is 86.3 Å². The number of allylic oxidation sites excluding steroid dienone is 4. The molecule has 1 amide bonds. The molecule has 3 atom stereocenters. The summed E-state index contributed by atoms with van der Waals surface area (Å²) in [5.41, 5.74) is 4.81. The van der Waals surface area contributed by atoms with E-state index >= 15 is 0 Å². The van der Waals surface area contributed by atoms with Crippen LogP contribution in [0.3, 0.4) is 0 Å². The van der Waals surface area contributed by atoms with Gasteiger partial charge in [0, 0.05) is 17.7 Å². The van der Waals surface area contributed by atoms with Crippen LogP contribution in [-0.4, -0.2) is 28.0 Å². The molecule has 1 saturated carbocycles. The van der Waals surface area contributed by atoms with Crippen molar-refractivity contribution in [1.82, 2.24) is 4.98 Å². The molecule has 1 fully saturated rings. The number of aryl methyl sites for hydroxylation is 1. The van der Waals surface area contributed by atoms with Crippen molar-refractivity contribution in [3.8, 4) is 0 Å². The Balaban J connectivity index is 1.50. The monoisotopic (exact) mass is 476 g/mol. The van der Waals surface area contributed by atoms with Crippen molar-refractivity contribution in [2.75, 3.05) is 5.32 Å². The first-order valence-electron chi connectivity index (χ1n) is 12.3. The largest absolute Gasteiger partial charge is 0.384 e. The SMILES string of the molecule is Cc1ncccc1NC(=O)C1=C[C@@H](Cc2ccccc2)C2=C3CC[C@](O)(C(F)F)C[C@H]3CCC2=C1. The molecule has 2 N–H and O–H groups in total. The summed E-state index contributed by atoms with van der Waals surface area (Å²) in [5.74, 6) is -0.243. The fraction of sp³-hybridized carbons (Fsp3) is 0.379. The lowest BCUT2D eigenvalue weighted by Gasteiger charge is -2.43. The van der Waals surface area contributed by atoms with E-state index in [4.69, 9.17) is 0 Å². The Labute approximate surface area is 204 Å². The number of aromatic nitrogens is 1. The van der Waals surface area contributed by atoms with E-state index in [9.17, 15) is 18.7 Å². The van der Waals surface area contributed by atoms with Gasteiger partial charge in [-0.15, -0.1) is 0 Å². The zero-order chi connectivity index (χ0) is 24.6. The van der Waals surface area contributed by atoms with E-state index in [2.05, 4.69) is 22.4 Å². The summed E-state index contributed by atoms with van der Waals surface area (Å²) in [4.78, 5) is 17.5. The van der Waals surface area contributed by atoms with Gasteiger partial charge >= 0.3 is 0 Å². The van der Waals surface area contributed by atoms with Crippen molar-refractivity contribution in [3.05, 3.63) is 94.4 Å². The summed E-state index contributed by atoms with van der Waals surface area (Å²) in [6, 6.07) is 13.8. The Morgan fingerprint density at radius 2 is 2.00 bits per heavy atom. The number of hydrogen-bond donors (Lipinski definition) is 2. The molecule has 35 heavy (non-hydrogen) atoms. The quantitative estimate of drug-likeness (QED) is 0.561. The van der Waals surface area contributed by atoms with Crippen LogP contribution < -0.4 is 5.32 Å². The molecule has 0 unspecified atom stereocenters. The number of carbonyl (C=O) groups excluding carboxylic acids is 1. The van der Waals surface area contributed by atoms with E-state index in [0.29, 0.717) is 30.5 Å². The average Bonchev–Trinajstić information content (AvgIpc) is 2.85. The summed E-state index contributed by atoms with van der Waals surface area (Å²) in [5, 5.41) is 13.5. The number of alkyl halides is 2. The van der Waals surface area contributed by atoms with Crippen LogP contribution >= 0.6 is 0 Å². The van der Waals surface area contributed by atoms with Gasteiger partial charge < -0.3 is 10.4 Å². The van der Waals surface area contributed by atoms with Gasteiger partial charge in [0.1, 0.15) is 5.60 Å². The summed E-state index contributed by atoms with van der Waals surface area (Å²) < 4.78 is 27.1. The number of nitrogens with zero attached hydrogens (tertiary/aromatic N) is 1. The topological polar surface area (TPSA) is 62.2 Å². The third kappa shape index (κ3) is 4.72. The van der Waals surface area contributed by atoms with Gasteiger partial charge in [-0.1, -0.05) is 42.0 Å². The molecule has 3 aliphatic rings. The highest BCUT2D eigenvalue weighted by atomic mass is 19.3. The van der Waals surface area contributed by atoms with Crippen LogP contribution in [0.2, 0.25) is 0 Å². The number of rotatable bonds is 5. The van der Waals surface area contributed by atoms with Crippen molar-refractivity contribution in [1.29, 1.82) is 0 Å². The number of pyridine rings is 1. The van der Waals surface area contributed by atoms with E-state index < -0.39 is 12.0 Å². The van der Waals surface area contributed by atoms with E-state index in [-0.39, 0.29) is 30.6 Å². The Hall–Kier alpha value is -3.12. The molecule has 1 heterocycles. The molecule has 6 heteroatoms. The minimum absolute atomic E-state index is 0.0244. The van der Waals surface area contributed by atoms with E-state index in [0.717, 1.165) is 23.3 Å². The number of halogens is 2. The van der Waals surface area contributed by atoms with Crippen molar-refractivity contribution < 1.29 is 18.7 Å². The Morgan fingerprint density at radius 1 is 1.20 bits per heavy atom. The Kier molecular flexibility index (Phi) is 6.41. The number of nitrogens with one attached hydrogen (secondary N) is 1. The second-order valence-corrected chi connectivity index (χ2v) is 9.96. The number of hydrogen-bond acceptors (Lipinski definition) is 3. The summed E-state index contributed by atoms with van der Waals surface area (Å²) >= 11 is 0. The predicted octanol–water partition coefficient (Wildman–Crippen LogP) is 5.94. The number of fused-ring (bicyclic) bond motifs is 2. The molecule has 0 aliphatic heterocycles. The molecule has 0 spiro atoms. The summed E-state index contributed by atoms with van der Waals surface area (Å²) in [6.07, 6.45) is 5.75. The molecule has 1 aromatic carbocycles. The molecule has 0 radical (unpaired) electrons. The first kappa shape index (κ1) is 23.6. The fourth-order valence-electron chi connectivity index (χ4n) is 5.85. The van der Waals surface area contributed by atoms with Gasteiger partial charge in [0.25, 0.3) is 12.3 Å². The molecule has 0 bridgehead atoms. The van der Waals surface area contributed by atoms with Gasteiger partial charge in [-0.3, -0.25) is 9.78 Å². The standard InChI is InChI=1S/C29H30F2N2O2/c1-18-25(8-5-13-32-18)33-27(34)23-15-20-9-10-21-17-29(35,28(30)31)12-11-24(21)26(20)22(16-23)14-19-6-3-2-4-7-19/h2-8,13,15-16,21-22,28,35H,9-12,14,17H2,1H3,(H,33,34)/t21-,22-,29-/m1/s1. The van der Waals surface area contributed by atoms with Gasteiger partial charge in [0.15, 0.2) is 0 Å². The van der Waals surface area contributed by atoms with Gasteiger partial charge in [-0.2, -0.15) is 0 Å². The Bertz CT molecular complexity index is 1220. The van der Waals surface area contributed by atoms with Crippen LogP contribution in [0, 0.1) is 18.8 Å². The van der Waals surface area contributed by atoms with Gasteiger partial charge in [0.05, 0.1) is 11.4 Å². The third-order valence-electron chi connectivity index (χ3n) is 7.68. The molecule has 2 aromatic rings. The van der Waals surface area contributed by atoms with Crippen LogP contribution in [0.25, 0.3) is 0 Å². The van der Waals surface area contributed by atoms with Crippen molar-refractivity contribution in [2.45, 2.75) is 57.5 Å². The van der Waals surface area contributed by atoms with Crippen LogP contribution in [-0.2, 0) is 11.2 Å². The lowest BCUT2D eigenvalue weighted by atomic mass is 9.64. The van der Waals surface area contributed by atoms with Crippen molar-refractivity contribution in [2.24, 2.45) is 11.8 Å². The zero-order valence-electron chi connectivity index (χ0n) is 19.8. The minimum atomic E-state index is -2.73. The highest BCUT2D eigenvalue weighted by Crippen LogP contribution is 2.50. The normalized spacial score (nSPS) is 26.0. The highest BCUT2D eigenvalue weighted by Gasteiger charge is 2.46. The Morgan fingerprint density at radius 3 is 2.74 bits per heavy atom. The minimum Gasteiger partial charge on any atom is -0.384 e. The molecule has 1 aromatic heterocycles. The van der Waals surface area contributed by atoms with Crippen molar-refractivity contribution in [3.63, 3.8) is 0 Å². The van der Waals surface area contributed by atoms with Gasteiger partial charge in [0.2, 0.25) is 0 Å². The van der Waals surface area contributed by atoms with E-state index in [1.165, 1.54) is 11.1 Å². The lowest BCUT2D eigenvalue weighted by Crippen LogP contribution is -2.44. The molecular formula is C29H30F2N2O2. The number of carbonyl (C=O) groups is 1. The number of aliphatic hydroxyl groups is 1. The van der Waals surface area contributed by atoms with Crippen LogP contribution in [0.1, 0.15) is 43.4 Å². The number of amides is 1. The number of benzene rings is 1. The fourth-order valence-corrected chi connectivity index (χ4v) is 5.85. The molecule has 3 aliphatic carbocycles. The molecule has 5 rings (SSSR count). The van der Waals surface area contributed by atoms with Gasteiger partial charge in [-0.25, -0.2) is 8.78 Å². The maximum atomic E-state index is 13.6. The zero-order valence-corrected chi connectivity index (χ0v) is 19.8. The van der Waals surface area contributed by atoms with Crippen LogP contribution in [0.4, 0.5) is 14.5 Å². The lowest BCUT2D eigenvalue weighted by molar-refractivity contribution is -0.120. The maximum absolute atomic E-state index is 13.6. The maximum Gasteiger partial charge on any atom is 0.266 e. The van der Waals surface area contributed by atoms with Crippen LogP contribution in [0.15, 0.2) is 83.1 Å². The molecule has 182 valence electrons. The smallest absolute Gasteiger partial charge is 0.266 e. The third-order valence-corrected chi connectivity index (χ3v) is 7.68. The van der Waals surface area contributed by atoms with E-state index in [1.54, 1.807) is 12.3 Å². The summed E-state index contributed by atoms with van der Waals surface area (Å²) in [7, 11) is 0. The second-order valence-electron chi connectivity index (χ2n) is 9.96. The number of anilines is 1. The molecule has 4 nitrogen and oxygen atoms in total. The predicted molar refractivity (Wildman–Crippen MR) is 132 cm³/mol. The molecular weight excluding hydrogens is 446 g/mol. The highest BCUT2D eigenvalue weighted by molar-refractivity contribution is 6.06. The second kappa shape index (κ2) is 9.50. The van der Waals surface area contributed by atoms with Crippen molar-refractivity contribution >= 4 is 11.6 Å². The summed E-state index contributed by atoms with van der Waals surface area (Å²) in [6.45, 7) is 1.86.